The lowest BCUT2D eigenvalue weighted by molar-refractivity contribution is -0.161. The van der Waals surface area contributed by atoms with Crippen molar-refractivity contribution in [3.05, 3.63) is 0 Å². The lowest BCUT2D eigenvalue weighted by Gasteiger charge is -2.21. The average molecular weight is 1350 g/mol. The molecule has 0 saturated heterocycles. The van der Waals surface area contributed by atoms with E-state index in [1.54, 1.807) is 0 Å². The largest absolute Gasteiger partial charge is 0.472 e. The SMILES string of the molecule is CCC(C)CCCCCCCCC(=O)OC[C@H](COP(=O)(O)OC[C@H](O)COP(=O)(O)OC[C@@H](COC(=O)CCCCCCCCCC(C)C)OC(=O)CCCCCCCCCCCCCCCCCCCCC(C)C)OC(=O)CCCCCCCCCCC(C)C. The van der Waals surface area contributed by atoms with Crippen LogP contribution in [0.25, 0.3) is 0 Å². The van der Waals surface area contributed by atoms with Gasteiger partial charge in [0.05, 0.1) is 26.4 Å². The third kappa shape index (κ3) is 65.4. The molecular weight excluding hydrogens is 1210 g/mol. The van der Waals surface area contributed by atoms with Gasteiger partial charge in [0, 0.05) is 25.7 Å². The molecule has 0 heterocycles. The van der Waals surface area contributed by atoms with Gasteiger partial charge in [-0.05, 0) is 49.4 Å². The lowest BCUT2D eigenvalue weighted by atomic mass is 10.00. The van der Waals surface area contributed by atoms with Crippen molar-refractivity contribution in [1.29, 1.82) is 0 Å². The van der Waals surface area contributed by atoms with E-state index in [0.717, 1.165) is 120 Å². The molecular formula is C73H142O17P2. The summed E-state index contributed by atoms with van der Waals surface area (Å²) in [6.45, 7) is 14.1. The molecule has 0 amide bonds. The van der Waals surface area contributed by atoms with E-state index >= 15 is 0 Å². The summed E-state index contributed by atoms with van der Waals surface area (Å²) in [4.78, 5) is 72.6. The summed E-state index contributed by atoms with van der Waals surface area (Å²) in [6, 6.07) is 0. The fourth-order valence-corrected chi connectivity index (χ4v) is 12.6. The molecule has 0 aliphatic carbocycles. The molecule has 0 saturated carbocycles. The van der Waals surface area contributed by atoms with Crippen LogP contribution in [0.1, 0.15) is 364 Å². The normalized spacial score (nSPS) is 14.5. The van der Waals surface area contributed by atoms with E-state index in [4.69, 9.17) is 37.0 Å². The number of carbonyl (C=O) groups excluding carboxylic acids is 4. The second-order valence-electron chi connectivity index (χ2n) is 28.0. The van der Waals surface area contributed by atoms with Crippen molar-refractivity contribution in [2.45, 2.75) is 382 Å². The van der Waals surface area contributed by atoms with Gasteiger partial charge in [0.2, 0.25) is 0 Å². The van der Waals surface area contributed by atoms with Crippen molar-refractivity contribution in [3.63, 3.8) is 0 Å². The minimum atomic E-state index is -4.95. The van der Waals surface area contributed by atoms with Crippen LogP contribution < -0.4 is 0 Å². The van der Waals surface area contributed by atoms with Gasteiger partial charge in [-0.3, -0.25) is 37.3 Å². The molecule has 0 aromatic rings. The topological polar surface area (TPSA) is 237 Å². The van der Waals surface area contributed by atoms with Gasteiger partial charge in [-0.2, -0.15) is 0 Å². The van der Waals surface area contributed by atoms with Gasteiger partial charge in [-0.25, -0.2) is 9.13 Å². The van der Waals surface area contributed by atoms with Crippen LogP contribution in [-0.2, 0) is 65.4 Å². The van der Waals surface area contributed by atoms with Crippen LogP contribution >= 0.6 is 15.6 Å². The third-order valence-electron chi connectivity index (χ3n) is 17.2. The van der Waals surface area contributed by atoms with E-state index in [1.165, 1.54) is 154 Å². The molecule has 0 rings (SSSR count). The molecule has 17 nitrogen and oxygen atoms in total. The Kier molecular flexibility index (Phi) is 61.3. The maximum Gasteiger partial charge on any atom is 0.472 e. The van der Waals surface area contributed by atoms with Crippen molar-refractivity contribution in [2.75, 3.05) is 39.6 Å². The van der Waals surface area contributed by atoms with Crippen LogP contribution in [0.2, 0.25) is 0 Å². The number of carbonyl (C=O) groups is 4. The summed E-state index contributed by atoms with van der Waals surface area (Å²) in [5.74, 6) is 0.845. The lowest BCUT2D eigenvalue weighted by Crippen LogP contribution is -2.30. The average Bonchev–Trinajstić information content (AvgIpc) is 2.00. The molecule has 0 fully saturated rings. The molecule has 0 aromatic carbocycles. The highest BCUT2D eigenvalue weighted by molar-refractivity contribution is 7.47. The van der Waals surface area contributed by atoms with Crippen molar-refractivity contribution >= 4 is 39.5 Å². The first kappa shape index (κ1) is 90.1. The Morgan fingerprint density at radius 1 is 0.304 bits per heavy atom. The summed E-state index contributed by atoms with van der Waals surface area (Å²) < 4.78 is 68.3. The molecule has 0 aliphatic rings. The molecule has 3 N–H and O–H groups in total. The Morgan fingerprint density at radius 2 is 0.522 bits per heavy atom. The van der Waals surface area contributed by atoms with Gasteiger partial charge in [-0.15, -0.1) is 0 Å². The first-order chi connectivity index (χ1) is 44.1. The molecule has 19 heteroatoms. The number of esters is 4. The highest BCUT2D eigenvalue weighted by Gasteiger charge is 2.30. The van der Waals surface area contributed by atoms with Crippen LogP contribution in [0.4, 0.5) is 0 Å². The zero-order valence-corrected chi connectivity index (χ0v) is 62.0. The van der Waals surface area contributed by atoms with E-state index in [0.29, 0.717) is 31.6 Å². The van der Waals surface area contributed by atoms with Crippen molar-refractivity contribution in [2.24, 2.45) is 23.7 Å². The molecule has 0 aromatic heterocycles. The number of aliphatic hydroxyl groups is 1. The highest BCUT2D eigenvalue weighted by Crippen LogP contribution is 2.45. The molecule has 0 spiro atoms. The molecule has 0 bridgehead atoms. The van der Waals surface area contributed by atoms with E-state index < -0.39 is 97.5 Å². The van der Waals surface area contributed by atoms with Gasteiger partial charge in [0.15, 0.2) is 12.2 Å². The van der Waals surface area contributed by atoms with Crippen molar-refractivity contribution < 1.29 is 80.2 Å². The number of ether oxygens (including phenoxy) is 4. The maximum absolute atomic E-state index is 13.0. The number of hydrogen-bond donors (Lipinski definition) is 3. The standard InChI is InChI=1S/C73H142O17P2/c1-9-66(8)52-44-36-31-32-38-46-54-71(76)84-60-69(90-73(78)56-48-40-29-23-22-26-34-42-50-64(4)5)62-88-92(81,82)86-58-67(74)57-85-91(79,80)87-61-68(59-83-70(75)53-45-37-30-24-27-35-43-51-65(6)7)89-72(77)55-47-39-28-21-19-17-15-13-11-10-12-14-16-18-20-25-33-41-49-63(2)3/h63-69,74H,9-62H2,1-8H3,(H,79,80)(H,81,82)/t66?,67-,68-,69-/m1/s1. The second-order valence-corrected chi connectivity index (χ2v) is 30.9. The summed E-state index contributed by atoms with van der Waals surface area (Å²) in [6.07, 6.45) is 46.1. The van der Waals surface area contributed by atoms with Crippen LogP contribution in [0.5, 0.6) is 0 Å². The van der Waals surface area contributed by atoms with Crippen LogP contribution in [-0.4, -0.2) is 96.7 Å². The molecule has 546 valence electrons. The van der Waals surface area contributed by atoms with E-state index in [2.05, 4.69) is 55.4 Å². The number of aliphatic hydroxyl groups excluding tert-OH is 1. The first-order valence-corrected chi connectivity index (χ1v) is 40.7. The zero-order chi connectivity index (χ0) is 68.2. The quantitative estimate of drug-likeness (QED) is 0.0222. The Labute approximate surface area is 562 Å². The van der Waals surface area contributed by atoms with Crippen LogP contribution in [0, 0.1) is 23.7 Å². The predicted octanol–water partition coefficient (Wildman–Crippen LogP) is 20.9. The summed E-state index contributed by atoms with van der Waals surface area (Å²) in [5.41, 5.74) is 0. The van der Waals surface area contributed by atoms with Gasteiger partial charge in [0.1, 0.15) is 19.3 Å². The molecule has 6 atom stereocenters. The van der Waals surface area contributed by atoms with Crippen LogP contribution in [0.3, 0.4) is 0 Å². The number of unbranched alkanes of at least 4 members (excludes halogenated alkanes) is 35. The monoisotopic (exact) mass is 1350 g/mol. The van der Waals surface area contributed by atoms with Gasteiger partial charge >= 0.3 is 39.5 Å². The summed E-state index contributed by atoms with van der Waals surface area (Å²) in [5, 5.41) is 10.6. The van der Waals surface area contributed by atoms with Crippen molar-refractivity contribution in [1.82, 2.24) is 0 Å². The number of phosphoric acid groups is 2. The summed E-state index contributed by atoms with van der Waals surface area (Å²) >= 11 is 0. The molecule has 0 aliphatic heterocycles. The zero-order valence-electron chi connectivity index (χ0n) is 60.2. The Hall–Kier alpha value is -1.94. The first-order valence-electron chi connectivity index (χ1n) is 37.7. The Morgan fingerprint density at radius 3 is 0.772 bits per heavy atom. The van der Waals surface area contributed by atoms with Crippen molar-refractivity contribution in [3.8, 4) is 0 Å². The van der Waals surface area contributed by atoms with E-state index in [-0.39, 0.29) is 25.7 Å². The van der Waals surface area contributed by atoms with E-state index in [1.807, 2.05) is 0 Å². The third-order valence-corrected chi connectivity index (χ3v) is 19.1. The fourth-order valence-electron chi connectivity index (χ4n) is 11.0. The maximum atomic E-state index is 13.0. The van der Waals surface area contributed by atoms with Gasteiger partial charge in [0.25, 0.3) is 0 Å². The Bertz CT molecular complexity index is 1820. The Balaban J connectivity index is 5.17. The number of hydrogen-bond acceptors (Lipinski definition) is 15. The van der Waals surface area contributed by atoms with Gasteiger partial charge in [-0.1, -0.05) is 312 Å². The minimum Gasteiger partial charge on any atom is -0.462 e. The predicted molar refractivity (Wildman–Crippen MR) is 372 cm³/mol. The minimum absolute atomic E-state index is 0.103. The highest BCUT2D eigenvalue weighted by atomic mass is 31.2. The molecule has 92 heavy (non-hydrogen) atoms. The fraction of sp³-hybridized carbons (Fsp3) is 0.945. The number of rotatable bonds is 70. The summed E-state index contributed by atoms with van der Waals surface area (Å²) in [7, 11) is -9.90. The molecule has 3 unspecified atom stereocenters. The van der Waals surface area contributed by atoms with E-state index in [9.17, 15) is 43.2 Å². The molecule has 0 radical (unpaired) electrons. The smallest absolute Gasteiger partial charge is 0.462 e. The second kappa shape index (κ2) is 62.6. The number of phosphoric ester groups is 2. The van der Waals surface area contributed by atoms with Crippen LogP contribution in [0.15, 0.2) is 0 Å². The van der Waals surface area contributed by atoms with Gasteiger partial charge < -0.3 is 33.8 Å².